The highest BCUT2D eigenvalue weighted by atomic mass is 35.5. The molecule has 2 aromatic rings. The zero-order valence-electron chi connectivity index (χ0n) is 15.1. The summed E-state index contributed by atoms with van der Waals surface area (Å²) in [6, 6.07) is 7.56. The lowest BCUT2D eigenvalue weighted by Crippen LogP contribution is -2.29. The van der Waals surface area contributed by atoms with Gasteiger partial charge in [0.2, 0.25) is 0 Å². The molecule has 0 unspecified atom stereocenters. The summed E-state index contributed by atoms with van der Waals surface area (Å²) < 4.78 is 1.88. The zero-order valence-corrected chi connectivity index (χ0v) is 15.9. The zero-order chi connectivity index (χ0) is 19.2. The first-order valence-corrected chi connectivity index (χ1v) is 9.49. The quantitative estimate of drug-likeness (QED) is 0.718. The molecule has 2 heterocycles. The van der Waals surface area contributed by atoms with E-state index in [0.29, 0.717) is 42.6 Å². The van der Waals surface area contributed by atoms with Gasteiger partial charge < -0.3 is 15.2 Å². The van der Waals surface area contributed by atoms with E-state index in [1.165, 1.54) is 0 Å². The van der Waals surface area contributed by atoms with Crippen LogP contribution >= 0.6 is 11.6 Å². The fourth-order valence-corrected chi connectivity index (χ4v) is 3.45. The van der Waals surface area contributed by atoms with Gasteiger partial charge in [0, 0.05) is 24.7 Å². The molecule has 2 amide bonds. The van der Waals surface area contributed by atoms with Crippen LogP contribution in [0.5, 0.6) is 0 Å². The predicted molar refractivity (Wildman–Crippen MR) is 105 cm³/mol. The van der Waals surface area contributed by atoms with Crippen LogP contribution in [0.25, 0.3) is 0 Å². The average Bonchev–Trinajstić information content (AvgIpc) is 3.06. The molecule has 0 radical (unpaired) electrons. The van der Waals surface area contributed by atoms with Gasteiger partial charge in [-0.25, -0.2) is 4.98 Å². The van der Waals surface area contributed by atoms with E-state index in [0.717, 1.165) is 30.5 Å². The number of hydrogen-bond donors (Lipinski definition) is 2. The summed E-state index contributed by atoms with van der Waals surface area (Å²) in [5.41, 5.74) is 2.23. The Bertz CT molecular complexity index is 860. The van der Waals surface area contributed by atoms with E-state index in [1.807, 2.05) is 28.8 Å². The Hall–Kier alpha value is -2.60. The van der Waals surface area contributed by atoms with Gasteiger partial charge in [0.15, 0.2) is 5.82 Å². The van der Waals surface area contributed by atoms with Crippen LogP contribution in [0, 0.1) is 0 Å². The molecule has 1 aromatic carbocycles. The Morgan fingerprint density at radius 3 is 2.89 bits per heavy atom. The van der Waals surface area contributed by atoms with Gasteiger partial charge in [-0.2, -0.15) is 0 Å². The third-order valence-corrected chi connectivity index (χ3v) is 4.77. The molecule has 1 aliphatic rings. The van der Waals surface area contributed by atoms with Crippen molar-refractivity contribution in [1.29, 1.82) is 0 Å². The Morgan fingerprint density at radius 1 is 1.26 bits per heavy atom. The van der Waals surface area contributed by atoms with E-state index < -0.39 is 0 Å². The molecule has 0 spiro atoms. The second-order valence-corrected chi connectivity index (χ2v) is 6.91. The normalized spacial score (nSPS) is 12.9. The first-order chi connectivity index (χ1) is 13.1. The van der Waals surface area contributed by atoms with Crippen LogP contribution in [0.2, 0.25) is 5.02 Å². The maximum absolute atomic E-state index is 12.7. The van der Waals surface area contributed by atoms with E-state index in [4.69, 9.17) is 11.6 Å². The standard InChI is InChI=1S/C20H23ClN4O2/c1-2-10-22-19(26)17-16-8-3-4-12-25(16)18(24-17)20(27)23-11-9-14-6-5-7-15(21)13-14/h2,5-7,13H,1,3-4,8-12H2,(H,22,26)(H,23,27). The monoisotopic (exact) mass is 386 g/mol. The third-order valence-electron chi connectivity index (χ3n) is 4.53. The van der Waals surface area contributed by atoms with Crippen LogP contribution in [0.3, 0.4) is 0 Å². The summed E-state index contributed by atoms with van der Waals surface area (Å²) in [4.78, 5) is 29.4. The fourth-order valence-electron chi connectivity index (χ4n) is 3.24. The summed E-state index contributed by atoms with van der Waals surface area (Å²) in [5, 5.41) is 6.32. The lowest BCUT2D eigenvalue weighted by atomic mass is 10.1. The molecule has 0 atom stereocenters. The van der Waals surface area contributed by atoms with Gasteiger partial charge in [0.1, 0.15) is 5.69 Å². The average molecular weight is 387 g/mol. The molecule has 27 heavy (non-hydrogen) atoms. The number of nitrogens with zero attached hydrogens (tertiary/aromatic N) is 2. The van der Waals surface area contributed by atoms with Gasteiger partial charge in [-0.05, 0) is 43.4 Å². The van der Waals surface area contributed by atoms with Crippen molar-refractivity contribution in [3.8, 4) is 0 Å². The number of rotatable bonds is 7. The number of hydrogen-bond acceptors (Lipinski definition) is 3. The first-order valence-electron chi connectivity index (χ1n) is 9.11. The Labute approximate surface area is 163 Å². The molecular formula is C20H23ClN4O2. The molecule has 7 heteroatoms. The number of carbonyl (C=O) groups excluding carboxylic acids is 2. The van der Waals surface area contributed by atoms with Crippen LogP contribution in [0.15, 0.2) is 36.9 Å². The number of imidazole rings is 1. The molecular weight excluding hydrogens is 364 g/mol. The highest BCUT2D eigenvalue weighted by molar-refractivity contribution is 6.30. The SMILES string of the molecule is C=CCNC(=O)c1nc(C(=O)NCCc2cccc(Cl)c2)n2c1CCCC2. The minimum atomic E-state index is -0.265. The summed E-state index contributed by atoms with van der Waals surface area (Å²) in [6.07, 6.45) is 5.00. The topological polar surface area (TPSA) is 76.0 Å². The molecule has 0 aliphatic carbocycles. The van der Waals surface area contributed by atoms with Crippen LogP contribution in [0.4, 0.5) is 0 Å². The lowest BCUT2D eigenvalue weighted by Gasteiger charge is -2.17. The van der Waals surface area contributed by atoms with Crippen LogP contribution in [0.1, 0.15) is 45.2 Å². The Morgan fingerprint density at radius 2 is 2.11 bits per heavy atom. The molecule has 2 N–H and O–H groups in total. The summed E-state index contributed by atoms with van der Waals surface area (Å²) in [7, 11) is 0. The molecule has 0 saturated heterocycles. The maximum Gasteiger partial charge on any atom is 0.287 e. The van der Waals surface area contributed by atoms with E-state index in [1.54, 1.807) is 6.08 Å². The summed E-state index contributed by atoms with van der Waals surface area (Å²) >= 11 is 5.99. The van der Waals surface area contributed by atoms with Gasteiger partial charge >= 0.3 is 0 Å². The molecule has 0 saturated carbocycles. The van der Waals surface area contributed by atoms with Crippen molar-refractivity contribution in [3.63, 3.8) is 0 Å². The molecule has 3 rings (SSSR count). The van der Waals surface area contributed by atoms with E-state index in [-0.39, 0.29) is 11.8 Å². The van der Waals surface area contributed by atoms with Crippen molar-refractivity contribution in [2.75, 3.05) is 13.1 Å². The second-order valence-electron chi connectivity index (χ2n) is 6.47. The van der Waals surface area contributed by atoms with Crippen LogP contribution < -0.4 is 10.6 Å². The van der Waals surface area contributed by atoms with Gasteiger partial charge in [-0.1, -0.05) is 29.8 Å². The van der Waals surface area contributed by atoms with Crippen molar-refractivity contribution in [1.82, 2.24) is 20.2 Å². The van der Waals surface area contributed by atoms with E-state index in [2.05, 4.69) is 22.2 Å². The molecule has 142 valence electrons. The largest absolute Gasteiger partial charge is 0.349 e. The molecule has 1 aliphatic heterocycles. The number of carbonyl (C=O) groups is 2. The van der Waals surface area contributed by atoms with Gasteiger partial charge in [0.05, 0.1) is 5.69 Å². The highest BCUT2D eigenvalue weighted by Crippen LogP contribution is 2.21. The smallest absolute Gasteiger partial charge is 0.287 e. The first kappa shape index (κ1) is 19.2. The third kappa shape index (κ3) is 4.57. The molecule has 1 aromatic heterocycles. The predicted octanol–water partition coefficient (Wildman–Crippen LogP) is 2.76. The molecule has 0 bridgehead atoms. The van der Waals surface area contributed by atoms with Crippen LogP contribution in [-0.4, -0.2) is 34.5 Å². The number of nitrogens with one attached hydrogen (secondary N) is 2. The number of amides is 2. The lowest BCUT2D eigenvalue weighted by molar-refractivity contribution is 0.0938. The molecule has 6 nitrogen and oxygen atoms in total. The van der Waals surface area contributed by atoms with Gasteiger partial charge in [-0.15, -0.1) is 6.58 Å². The summed E-state index contributed by atoms with van der Waals surface area (Å²) in [5.74, 6) is -0.221. The number of benzene rings is 1. The van der Waals surface area contributed by atoms with Crippen molar-refractivity contribution >= 4 is 23.4 Å². The summed E-state index contributed by atoms with van der Waals surface area (Å²) in [6.45, 7) is 5.14. The van der Waals surface area contributed by atoms with Gasteiger partial charge in [0.25, 0.3) is 11.8 Å². The number of fused-ring (bicyclic) bond motifs is 1. The van der Waals surface area contributed by atoms with Crippen molar-refractivity contribution in [2.24, 2.45) is 0 Å². The van der Waals surface area contributed by atoms with Crippen LogP contribution in [-0.2, 0) is 19.4 Å². The van der Waals surface area contributed by atoms with E-state index in [9.17, 15) is 9.59 Å². The maximum atomic E-state index is 12.7. The number of aromatic nitrogens is 2. The molecule has 0 fully saturated rings. The second kappa shape index (κ2) is 8.86. The highest BCUT2D eigenvalue weighted by Gasteiger charge is 2.27. The van der Waals surface area contributed by atoms with Gasteiger partial charge in [-0.3, -0.25) is 9.59 Å². The van der Waals surface area contributed by atoms with Crippen molar-refractivity contribution < 1.29 is 9.59 Å². The van der Waals surface area contributed by atoms with Crippen molar-refractivity contribution in [3.05, 3.63) is 64.7 Å². The van der Waals surface area contributed by atoms with Crippen molar-refractivity contribution in [2.45, 2.75) is 32.2 Å². The Kier molecular flexibility index (Phi) is 6.29. The minimum Gasteiger partial charge on any atom is -0.349 e. The number of halogens is 1. The Balaban J connectivity index is 1.71. The minimum absolute atomic E-state index is 0.261. The van der Waals surface area contributed by atoms with E-state index >= 15 is 0 Å². The fraction of sp³-hybridized carbons (Fsp3) is 0.350.